The summed E-state index contributed by atoms with van der Waals surface area (Å²) in [5, 5.41) is 30.2. The van der Waals surface area contributed by atoms with E-state index in [1.807, 2.05) is 6.07 Å². The number of nitrogens with zero attached hydrogens (tertiary/aromatic N) is 2. The molecular weight excluding hydrogens is 430 g/mol. The smallest absolute Gasteiger partial charge is 0.305 e. The van der Waals surface area contributed by atoms with Gasteiger partial charge in [-0.25, -0.2) is 0 Å². The number of amides is 1. The first-order valence-electron chi connectivity index (χ1n) is 11.1. The topological polar surface area (TPSA) is 121 Å². The zero-order valence-corrected chi connectivity index (χ0v) is 18.7. The van der Waals surface area contributed by atoms with Crippen LogP contribution in [0, 0.1) is 17.8 Å². The van der Waals surface area contributed by atoms with Crippen molar-refractivity contribution in [2.24, 2.45) is 28.0 Å². The maximum atomic E-state index is 11.9. The Kier molecular flexibility index (Phi) is 5.39. The average molecular weight is 458 g/mol. The summed E-state index contributed by atoms with van der Waals surface area (Å²) in [4.78, 5) is 22.7. The van der Waals surface area contributed by atoms with Gasteiger partial charge in [0, 0.05) is 5.56 Å². The summed E-state index contributed by atoms with van der Waals surface area (Å²) >= 11 is 1.06. The summed E-state index contributed by atoms with van der Waals surface area (Å²) in [6.45, 7) is 0. The molecule has 0 spiro atoms. The van der Waals surface area contributed by atoms with Gasteiger partial charge >= 0.3 is 5.97 Å². The molecule has 0 radical (unpaired) electrons. The fourth-order valence-electron chi connectivity index (χ4n) is 6.60. The molecule has 0 aromatic heterocycles. The molecule has 4 saturated carbocycles. The van der Waals surface area contributed by atoms with E-state index in [1.165, 1.54) is 19.3 Å². The minimum Gasteiger partial charge on any atom is -0.504 e. The van der Waals surface area contributed by atoms with E-state index in [0.717, 1.165) is 59.9 Å². The number of aromatic hydroxyl groups is 1. The molecule has 1 aromatic rings. The molecule has 1 aromatic carbocycles. The Balaban J connectivity index is 1.40. The monoisotopic (exact) mass is 457 g/mol. The normalized spacial score (nSPS) is 34.4. The number of aliphatic carboxylic acids is 1. The van der Waals surface area contributed by atoms with Crippen LogP contribution in [0.2, 0.25) is 0 Å². The van der Waals surface area contributed by atoms with Crippen molar-refractivity contribution < 1.29 is 24.5 Å². The van der Waals surface area contributed by atoms with Crippen LogP contribution in [0.5, 0.6) is 11.5 Å². The predicted octanol–water partition coefficient (Wildman–Crippen LogP) is 3.26. The lowest BCUT2D eigenvalue weighted by Gasteiger charge is -2.57. The van der Waals surface area contributed by atoms with E-state index >= 15 is 0 Å². The Morgan fingerprint density at radius 1 is 1.25 bits per heavy atom. The third-order valence-corrected chi connectivity index (χ3v) is 8.49. The summed E-state index contributed by atoms with van der Waals surface area (Å²) < 4.78 is 5.47. The number of phenols is 1. The molecule has 3 N–H and O–H groups in total. The van der Waals surface area contributed by atoms with Gasteiger partial charge in [-0.15, -0.1) is 5.10 Å². The van der Waals surface area contributed by atoms with Crippen LogP contribution < -0.4 is 10.1 Å². The zero-order chi connectivity index (χ0) is 22.5. The highest BCUT2D eigenvalue weighted by molar-refractivity contribution is 8.15. The van der Waals surface area contributed by atoms with Crippen LogP contribution in [-0.4, -0.2) is 45.8 Å². The van der Waals surface area contributed by atoms with Crippen molar-refractivity contribution in [2.75, 3.05) is 7.11 Å². The fraction of sp³-hybridized carbons (Fsp3) is 0.565. The first kappa shape index (κ1) is 21.3. The van der Waals surface area contributed by atoms with Crippen LogP contribution in [0.4, 0.5) is 0 Å². The number of nitrogens with one attached hydrogen (secondary N) is 1. The molecule has 6 rings (SSSR count). The Morgan fingerprint density at radius 2 is 1.91 bits per heavy atom. The second kappa shape index (κ2) is 8.10. The van der Waals surface area contributed by atoms with Crippen molar-refractivity contribution in [3.63, 3.8) is 0 Å². The van der Waals surface area contributed by atoms with Gasteiger partial charge in [0.15, 0.2) is 16.7 Å². The van der Waals surface area contributed by atoms with Crippen molar-refractivity contribution in [2.45, 2.75) is 55.6 Å². The van der Waals surface area contributed by atoms with Gasteiger partial charge in [0.2, 0.25) is 5.91 Å². The van der Waals surface area contributed by atoms with E-state index in [0.29, 0.717) is 5.75 Å². The molecule has 1 unspecified atom stereocenters. The average Bonchev–Trinajstić information content (AvgIpc) is 3.06. The van der Waals surface area contributed by atoms with Gasteiger partial charge < -0.3 is 20.3 Å². The lowest BCUT2D eigenvalue weighted by molar-refractivity contribution is -0.138. The van der Waals surface area contributed by atoms with E-state index in [2.05, 4.69) is 15.5 Å². The van der Waals surface area contributed by atoms with Crippen LogP contribution in [0.15, 0.2) is 22.3 Å². The number of hydrogen-bond acceptors (Lipinski definition) is 7. The van der Waals surface area contributed by atoms with Crippen LogP contribution in [0.3, 0.4) is 0 Å². The third-order valence-electron chi connectivity index (χ3n) is 7.42. The van der Waals surface area contributed by atoms with Gasteiger partial charge in [-0.05, 0) is 79.4 Å². The van der Waals surface area contributed by atoms with Crippen molar-refractivity contribution in [3.8, 4) is 11.5 Å². The number of carbonyl (C=O) groups is 2. The van der Waals surface area contributed by atoms with E-state index < -0.39 is 11.2 Å². The van der Waals surface area contributed by atoms with Crippen LogP contribution in [0.25, 0.3) is 0 Å². The molecule has 1 aliphatic heterocycles. The molecule has 4 bridgehead atoms. The maximum absolute atomic E-state index is 11.9. The highest BCUT2D eigenvalue weighted by atomic mass is 32.2. The largest absolute Gasteiger partial charge is 0.504 e. The van der Waals surface area contributed by atoms with Gasteiger partial charge in [-0.3, -0.25) is 9.59 Å². The number of ether oxygens (including phenoxy) is 1. The third kappa shape index (κ3) is 3.87. The zero-order valence-electron chi connectivity index (χ0n) is 17.9. The van der Waals surface area contributed by atoms with Crippen molar-refractivity contribution in [1.82, 2.24) is 5.32 Å². The number of carbonyl (C=O) groups excluding carboxylic acids is 1. The molecule has 1 heterocycles. The number of amidine groups is 1. The van der Waals surface area contributed by atoms with E-state index in [1.54, 1.807) is 19.4 Å². The number of carboxylic acids is 1. The molecule has 5 aliphatic rings. The minimum atomic E-state index is -1.03. The molecule has 32 heavy (non-hydrogen) atoms. The lowest BCUT2D eigenvalue weighted by atomic mass is 9.48. The van der Waals surface area contributed by atoms with E-state index in [9.17, 15) is 14.7 Å². The standard InChI is InChI=1S/C23H27N3O5S/c1-31-17-6-15(11-24-26-22-25-21(30)18(32-22)7-19(27)28)5-16(20(17)29)23-8-12-2-13(9-23)4-14(3-12)10-23/h5-6,11-14,18,29H,2-4,7-10H2,1H3,(H,27,28)(H,25,26,30). The van der Waals surface area contributed by atoms with Crippen molar-refractivity contribution >= 4 is 35.0 Å². The Labute approximate surface area is 190 Å². The Morgan fingerprint density at radius 3 is 2.50 bits per heavy atom. The summed E-state index contributed by atoms with van der Waals surface area (Å²) in [7, 11) is 1.55. The van der Waals surface area contributed by atoms with Crippen LogP contribution in [0.1, 0.15) is 56.1 Å². The molecule has 170 valence electrons. The predicted molar refractivity (Wildman–Crippen MR) is 121 cm³/mol. The van der Waals surface area contributed by atoms with Gasteiger partial charge in [-0.2, -0.15) is 5.10 Å². The highest BCUT2D eigenvalue weighted by Gasteiger charge is 2.52. The second-order valence-electron chi connectivity index (χ2n) is 9.66. The van der Waals surface area contributed by atoms with E-state index in [-0.39, 0.29) is 28.7 Å². The van der Waals surface area contributed by atoms with Gasteiger partial charge in [-0.1, -0.05) is 11.8 Å². The lowest BCUT2D eigenvalue weighted by Crippen LogP contribution is -2.48. The minimum absolute atomic E-state index is 0.00118. The number of phenolic OH excluding ortho intramolecular Hbond substituents is 1. The first-order chi connectivity index (χ1) is 15.3. The molecule has 1 amide bonds. The van der Waals surface area contributed by atoms with Gasteiger partial charge in [0.1, 0.15) is 5.25 Å². The summed E-state index contributed by atoms with van der Waals surface area (Å²) in [5.74, 6) is 1.49. The number of rotatable bonds is 6. The number of carboxylic acid groups (broad SMARTS) is 1. The molecular formula is C23H27N3O5S. The first-order valence-corrected chi connectivity index (χ1v) is 11.9. The summed E-state index contributed by atoms with van der Waals surface area (Å²) in [5.41, 5.74) is 1.72. The Hall–Kier alpha value is -2.55. The summed E-state index contributed by atoms with van der Waals surface area (Å²) in [6.07, 6.45) is 8.63. The SMILES string of the molecule is COc1cc(C=NN=C2NC(=O)C(CC(=O)O)S2)cc(C23CC4CC(CC(C4)C2)C3)c1O. The van der Waals surface area contributed by atoms with Crippen LogP contribution in [-0.2, 0) is 15.0 Å². The molecule has 9 heteroatoms. The van der Waals surface area contributed by atoms with Gasteiger partial charge in [0.05, 0.1) is 19.7 Å². The number of methoxy groups -OCH3 is 1. The molecule has 1 atom stereocenters. The van der Waals surface area contributed by atoms with Gasteiger partial charge in [0.25, 0.3) is 0 Å². The van der Waals surface area contributed by atoms with Crippen molar-refractivity contribution in [1.29, 1.82) is 0 Å². The number of hydrogen-bond donors (Lipinski definition) is 3. The molecule has 1 saturated heterocycles. The van der Waals surface area contributed by atoms with E-state index in [4.69, 9.17) is 9.84 Å². The molecule has 4 aliphatic carbocycles. The molecule has 8 nitrogen and oxygen atoms in total. The fourth-order valence-corrected chi connectivity index (χ4v) is 7.51. The van der Waals surface area contributed by atoms with Crippen LogP contribution >= 0.6 is 11.8 Å². The number of benzene rings is 1. The van der Waals surface area contributed by atoms with Crippen molar-refractivity contribution in [3.05, 3.63) is 23.3 Å². The maximum Gasteiger partial charge on any atom is 0.305 e. The Bertz CT molecular complexity index is 986. The highest BCUT2D eigenvalue weighted by Crippen LogP contribution is 2.62. The number of thioether (sulfide) groups is 1. The quantitative estimate of drug-likeness (QED) is 0.445. The molecule has 5 fully saturated rings. The summed E-state index contributed by atoms with van der Waals surface area (Å²) in [6, 6.07) is 3.74. The second-order valence-corrected chi connectivity index (χ2v) is 10.9.